The maximum Gasteiger partial charge on any atom is 0.340 e. The first-order chi connectivity index (χ1) is 12.5. The van der Waals surface area contributed by atoms with Crippen LogP contribution in [-0.4, -0.2) is 41.7 Å². The van der Waals surface area contributed by atoms with E-state index in [1.165, 1.54) is 6.07 Å². The van der Waals surface area contributed by atoms with Gasteiger partial charge in [-0.15, -0.1) is 0 Å². The van der Waals surface area contributed by atoms with Crippen LogP contribution < -0.4 is 5.32 Å². The molecule has 0 fully saturated rings. The molecule has 26 heavy (non-hydrogen) atoms. The van der Waals surface area contributed by atoms with Crippen LogP contribution in [0.3, 0.4) is 0 Å². The van der Waals surface area contributed by atoms with Crippen LogP contribution in [0.15, 0.2) is 48.5 Å². The number of benzene rings is 2. The van der Waals surface area contributed by atoms with E-state index < -0.39 is 30.2 Å². The van der Waals surface area contributed by atoms with Gasteiger partial charge in [0.05, 0.1) is 29.0 Å². The fraction of sp³-hybridized carbons (Fsp3) is 0.158. The van der Waals surface area contributed by atoms with Crippen molar-refractivity contribution in [3.63, 3.8) is 0 Å². The van der Waals surface area contributed by atoms with Crippen LogP contribution in [0.25, 0.3) is 0 Å². The van der Waals surface area contributed by atoms with E-state index in [2.05, 4.69) is 5.32 Å². The molecule has 0 saturated heterocycles. The summed E-state index contributed by atoms with van der Waals surface area (Å²) in [6.45, 7) is 1.45. The summed E-state index contributed by atoms with van der Waals surface area (Å²) in [5, 5.41) is 2.56. The Morgan fingerprint density at radius 3 is 2.15 bits per heavy atom. The number of ether oxygens (including phenoxy) is 1. The Bertz CT molecular complexity index is 871. The summed E-state index contributed by atoms with van der Waals surface area (Å²) in [4.78, 5) is 49.8. The van der Waals surface area contributed by atoms with E-state index in [1.54, 1.807) is 49.4 Å². The Morgan fingerprint density at radius 1 is 0.962 bits per heavy atom. The third-order valence-electron chi connectivity index (χ3n) is 3.88. The Labute approximate surface area is 149 Å². The highest BCUT2D eigenvalue weighted by Crippen LogP contribution is 2.22. The molecule has 0 saturated carbocycles. The van der Waals surface area contributed by atoms with E-state index in [0.717, 1.165) is 4.90 Å². The maximum absolute atomic E-state index is 12.3. The molecule has 3 amide bonds. The van der Waals surface area contributed by atoms with E-state index in [9.17, 15) is 19.2 Å². The number of para-hydroxylation sites is 1. The summed E-state index contributed by atoms with van der Waals surface area (Å²) in [5.41, 5.74) is 1.01. The molecule has 2 aromatic carbocycles. The van der Waals surface area contributed by atoms with Crippen LogP contribution in [0.2, 0.25) is 0 Å². The summed E-state index contributed by atoms with van der Waals surface area (Å²) in [6.07, 6.45) is 0. The molecule has 3 rings (SSSR count). The molecule has 1 aliphatic heterocycles. The van der Waals surface area contributed by atoms with Gasteiger partial charge in [0, 0.05) is 0 Å². The van der Waals surface area contributed by atoms with Crippen molar-refractivity contribution in [1.82, 2.24) is 4.90 Å². The van der Waals surface area contributed by atoms with Crippen LogP contribution in [0, 0.1) is 0 Å². The number of fused-ring (bicyclic) bond motifs is 1. The highest BCUT2D eigenvalue weighted by Gasteiger charge is 2.36. The van der Waals surface area contributed by atoms with Crippen molar-refractivity contribution >= 4 is 29.4 Å². The summed E-state index contributed by atoms with van der Waals surface area (Å²) in [5.74, 6) is -2.18. The van der Waals surface area contributed by atoms with Gasteiger partial charge < -0.3 is 10.1 Å². The van der Waals surface area contributed by atoms with E-state index >= 15 is 0 Å². The minimum absolute atomic E-state index is 0.199. The molecule has 0 atom stereocenters. The Morgan fingerprint density at radius 2 is 1.54 bits per heavy atom. The van der Waals surface area contributed by atoms with E-state index in [0.29, 0.717) is 0 Å². The van der Waals surface area contributed by atoms with E-state index in [4.69, 9.17) is 4.74 Å². The third kappa shape index (κ3) is 3.19. The number of nitrogens with zero attached hydrogens (tertiary/aromatic N) is 1. The van der Waals surface area contributed by atoms with Gasteiger partial charge in [-0.25, -0.2) is 4.79 Å². The number of imide groups is 1. The number of esters is 1. The van der Waals surface area contributed by atoms with Crippen molar-refractivity contribution in [2.45, 2.75) is 6.92 Å². The second kappa shape index (κ2) is 7.18. The number of anilines is 1. The lowest BCUT2D eigenvalue weighted by Crippen LogP contribution is -2.37. The van der Waals surface area contributed by atoms with Gasteiger partial charge in [-0.2, -0.15) is 0 Å². The molecule has 1 heterocycles. The van der Waals surface area contributed by atoms with Gasteiger partial charge in [-0.05, 0) is 31.2 Å². The van der Waals surface area contributed by atoms with Crippen molar-refractivity contribution in [3.05, 3.63) is 65.2 Å². The Balaban J connectivity index is 1.74. The number of hydrogen-bond donors (Lipinski definition) is 1. The first kappa shape index (κ1) is 17.3. The molecule has 0 unspecified atom stereocenters. The summed E-state index contributed by atoms with van der Waals surface area (Å²) in [7, 11) is 0. The molecule has 0 bridgehead atoms. The second-order valence-electron chi connectivity index (χ2n) is 5.56. The maximum atomic E-state index is 12.3. The number of carbonyl (C=O) groups excluding carboxylic acids is 4. The minimum Gasteiger partial charge on any atom is -0.462 e. The van der Waals surface area contributed by atoms with Crippen LogP contribution >= 0.6 is 0 Å². The molecule has 7 nitrogen and oxygen atoms in total. The highest BCUT2D eigenvalue weighted by molar-refractivity contribution is 6.22. The average molecular weight is 352 g/mol. The van der Waals surface area contributed by atoms with E-state index in [1.807, 2.05) is 0 Å². The zero-order valence-electron chi connectivity index (χ0n) is 14.0. The van der Waals surface area contributed by atoms with Gasteiger partial charge in [0.1, 0.15) is 6.54 Å². The summed E-state index contributed by atoms with van der Waals surface area (Å²) < 4.78 is 4.95. The fourth-order valence-electron chi connectivity index (χ4n) is 2.70. The van der Waals surface area contributed by atoms with Gasteiger partial charge in [-0.3, -0.25) is 19.3 Å². The molecule has 0 radical (unpaired) electrons. The van der Waals surface area contributed by atoms with Gasteiger partial charge in [0.2, 0.25) is 5.91 Å². The molecular weight excluding hydrogens is 336 g/mol. The Kier molecular flexibility index (Phi) is 4.79. The van der Waals surface area contributed by atoms with Crippen molar-refractivity contribution in [1.29, 1.82) is 0 Å². The monoisotopic (exact) mass is 352 g/mol. The van der Waals surface area contributed by atoms with E-state index in [-0.39, 0.29) is 29.0 Å². The summed E-state index contributed by atoms with van der Waals surface area (Å²) in [6, 6.07) is 12.8. The first-order valence-electron chi connectivity index (χ1n) is 8.04. The number of hydrogen-bond acceptors (Lipinski definition) is 5. The zero-order valence-corrected chi connectivity index (χ0v) is 14.0. The van der Waals surface area contributed by atoms with Crippen molar-refractivity contribution in [2.24, 2.45) is 0 Å². The average Bonchev–Trinajstić information content (AvgIpc) is 2.88. The van der Waals surface area contributed by atoms with Gasteiger partial charge in [-0.1, -0.05) is 24.3 Å². The van der Waals surface area contributed by atoms with Crippen molar-refractivity contribution in [2.75, 3.05) is 18.5 Å². The van der Waals surface area contributed by atoms with Crippen LogP contribution in [0.5, 0.6) is 0 Å². The molecule has 132 valence electrons. The fourth-order valence-corrected chi connectivity index (χ4v) is 2.70. The van der Waals surface area contributed by atoms with Gasteiger partial charge in [0.15, 0.2) is 0 Å². The molecule has 1 aliphatic rings. The van der Waals surface area contributed by atoms with Crippen LogP contribution in [0.4, 0.5) is 5.69 Å². The minimum atomic E-state index is -0.587. The van der Waals surface area contributed by atoms with Gasteiger partial charge in [0.25, 0.3) is 11.8 Å². The number of carbonyl (C=O) groups is 4. The lowest BCUT2D eigenvalue weighted by molar-refractivity contribution is -0.116. The quantitative estimate of drug-likeness (QED) is 0.657. The van der Waals surface area contributed by atoms with Crippen molar-refractivity contribution < 1.29 is 23.9 Å². The van der Waals surface area contributed by atoms with Crippen LogP contribution in [-0.2, 0) is 9.53 Å². The number of amides is 3. The highest BCUT2D eigenvalue weighted by atomic mass is 16.5. The molecular formula is C19H16N2O5. The molecule has 0 aliphatic carbocycles. The van der Waals surface area contributed by atoms with Gasteiger partial charge >= 0.3 is 5.97 Å². The third-order valence-corrected chi connectivity index (χ3v) is 3.88. The van der Waals surface area contributed by atoms with Crippen molar-refractivity contribution in [3.8, 4) is 0 Å². The lowest BCUT2D eigenvalue weighted by atomic mass is 10.1. The largest absolute Gasteiger partial charge is 0.462 e. The number of nitrogens with one attached hydrogen (secondary N) is 1. The topological polar surface area (TPSA) is 92.8 Å². The normalized spacial score (nSPS) is 12.7. The second-order valence-corrected chi connectivity index (χ2v) is 5.56. The molecule has 1 N–H and O–H groups in total. The Hall–Kier alpha value is -3.48. The van der Waals surface area contributed by atoms with Crippen LogP contribution in [0.1, 0.15) is 38.0 Å². The zero-order chi connectivity index (χ0) is 18.7. The SMILES string of the molecule is CCOC(=O)c1ccccc1NC(=O)CN1C(=O)c2ccccc2C1=O. The molecule has 0 aromatic heterocycles. The number of rotatable bonds is 5. The predicted molar refractivity (Wildman–Crippen MR) is 92.8 cm³/mol. The molecule has 0 spiro atoms. The smallest absolute Gasteiger partial charge is 0.340 e. The molecule has 2 aromatic rings. The standard InChI is InChI=1S/C19H16N2O5/c1-2-26-19(25)14-9-5-6-10-15(14)20-16(22)11-21-17(23)12-7-3-4-8-13(12)18(21)24/h3-10H,2,11H2,1H3,(H,20,22). The summed E-state index contributed by atoms with van der Waals surface area (Å²) >= 11 is 0. The lowest BCUT2D eigenvalue weighted by Gasteiger charge is -2.15. The predicted octanol–water partition coefficient (Wildman–Crippen LogP) is 2.10. The first-order valence-corrected chi connectivity index (χ1v) is 8.04. The molecule has 7 heteroatoms.